The molecule has 0 spiro atoms. The first kappa shape index (κ1) is 32.4. The lowest BCUT2D eigenvalue weighted by molar-refractivity contribution is -0.126. The van der Waals surface area contributed by atoms with Crippen LogP contribution in [0.15, 0.2) is 119 Å². The Labute approximate surface area is 293 Å². The average Bonchev–Trinajstić information content (AvgIpc) is 3.77. The number of aromatic amines is 1. The highest BCUT2D eigenvalue weighted by Gasteiger charge is 2.59. The fraction of sp³-hybridized carbons (Fsp3) is 0.286. The third-order valence-corrected chi connectivity index (χ3v) is 15.9. The first-order chi connectivity index (χ1) is 23.9. The molecule has 254 valence electrons. The number of fused-ring (bicyclic) bond motifs is 6. The zero-order chi connectivity index (χ0) is 35.0. The van der Waals surface area contributed by atoms with E-state index in [4.69, 9.17) is 9.16 Å². The average molecular weight is 683 g/mol. The van der Waals surface area contributed by atoms with Gasteiger partial charge in [0.2, 0.25) is 5.72 Å². The summed E-state index contributed by atoms with van der Waals surface area (Å²) < 4.78 is 15.9. The molecule has 2 aliphatic carbocycles. The third kappa shape index (κ3) is 4.92. The van der Waals surface area contributed by atoms with Crippen LogP contribution < -0.4 is 11.2 Å². The van der Waals surface area contributed by atoms with Crippen molar-refractivity contribution >= 4 is 8.32 Å². The molecule has 3 aliphatic rings. The summed E-state index contributed by atoms with van der Waals surface area (Å²) in [5.41, 5.74) is 8.86. The van der Waals surface area contributed by atoms with Gasteiger partial charge in [0.25, 0.3) is 5.56 Å². The molecule has 0 unspecified atom stereocenters. The van der Waals surface area contributed by atoms with Crippen LogP contribution in [0.1, 0.15) is 60.1 Å². The van der Waals surface area contributed by atoms with E-state index < -0.39 is 37.3 Å². The van der Waals surface area contributed by atoms with Gasteiger partial charge in [0.1, 0.15) is 18.5 Å². The number of ether oxygens (including phenoxy) is 1. The van der Waals surface area contributed by atoms with Crippen LogP contribution in [0.3, 0.4) is 0 Å². The maximum Gasteiger partial charge on any atom is 0.331 e. The number of nitrogens with zero attached hydrogens (tertiary/aromatic N) is 1. The molecule has 2 atom stereocenters. The Morgan fingerprint density at radius 2 is 1.38 bits per heavy atom. The van der Waals surface area contributed by atoms with E-state index in [0.29, 0.717) is 5.76 Å². The maximum absolute atomic E-state index is 14.2. The summed E-state index contributed by atoms with van der Waals surface area (Å²) >= 11 is 0. The number of nitrogens with one attached hydrogen (secondary N) is 1. The smallest absolute Gasteiger partial charge is 0.331 e. The second-order valence-corrected chi connectivity index (χ2v) is 20.0. The normalized spacial score (nSPS) is 19.1. The van der Waals surface area contributed by atoms with Gasteiger partial charge in [0.05, 0.1) is 5.92 Å². The standard InChI is InChI=1S/C42H42N2O5Si/c1-41(2,3)50(4,5)49-37-24-28(25-45)48-42(37,44-21-20-38(46)43-40(44)47)39(33-18-10-16-31-29-14-8-6-12-26(29)22-35(31)33)34-19-11-17-32-30-15-9-7-13-27(30)23-36(32)34/h6-21,24,37,39,45H,22-23,25H2,1-5H3,(H,43,46,47)/t37-,42+/m1/s1. The number of rotatable bonds is 7. The highest BCUT2D eigenvalue weighted by Crippen LogP contribution is 2.55. The number of aliphatic hydroxyl groups is 1. The van der Waals surface area contributed by atoms with Gasteiger partial charge >= 0.3 is 5.69 Å². The van der Waals surface area contributed by atoms with Crippen LogP contribution >= 0.6 is 0 Å². The van der Waals surface area contributed by atoms with Gasteiger partial charge in [-0.25, -0.2) is 4.79 Å². The fourth-order valence-corrected chi connectivity index (χ4v) is 9.27. The van der Waals surface area contributed by atoms with Crippen molar-refractivity contribution in [3.63, 3.8) is 0 Å². The molecule has 0 saturated carbocycles. The molecule has 2 heterocycles. The molecule has 4 aromatic carbocycles. The minimum atomic E-state index is -2.55. The number of hydrogen-bond acceptors (Lipinski definition) is 5. The summed E-state index contributed by atoms with van der Waals surface area (Å²) in [7, 11) is -2.55. The van der Waals surface area contributed by atoms with Gasteiger partial charge in [-0.05, 0) is 92.7 Å². The SMILES string of the molecule is CC(C)(C)[Si](C)(C)O[C@@H]1C=C(CO)O[C@@]1(C(c1cccc2c1Cc1ccccc1-2)c1cccc2c1Cc1ccccc1-2)n1ccc(=O)[nH]c1=O. The van der Waals surface area contributed by atoms with Crippen LogP contribution in [0, 0.1) is 0 Å². The van der Waals surface area contributed by atoms with Gasteiger partial charge in [-0.15, -0.1) is 0 Å². The van der Waals surface area contributed by atoms with Crippen molar-refractivity contribution in [2.75, 3.05) is 6.61 Å². The van der Waals surface area contributed by atoms with Crippen LogP contribution in [0.5, 0.6) is 0 Å². The van der Waals surface area contributed by atoms with E-state index in [0.717, 1.165) is 46.2 Å². The Balaban J connectivity index is 1.47. The van der Waals surface area contributed by atoms with Gasteiger partial charge in [0, 0.05) is 12.3 Å². The van der Waals surface area contributed by atoms with Crippen LogP contribution in [0.25, 0.3) is 22.3 Å². The molecule has 1 aromatic heterocycles. The van der Waals surface area contributed by atoms with E-state index in [2.05, 4.69) is 124 Å². The third-order valence-electron chi connectivity index (χ3n) is 11.4. The lowest BCUT2D eigenvalue weighted by Gasteiger charge is -2.47. The summed E-state index contributed by atoms with van der Waals surface area (Å²) in [6, 6.07) is 31.1. The van der Waals surface area contributed by atoms with Crippen molar-refractivity contribution in [1.82, 2.24) is 9.55 Å². The minimum Gasteiger partial charge on any atom is -0.465 e. The zero-order valence-electron chi connectivity index (χ0n) is 29.1. The lowest BCUT2D eigenvalue weighted by atomic mass is 9.75. The second-order valence-electron chi connectivity index (χ2n) is 15.3. The Morgan fingerprint density at radius 1 is 0.840 bits per heavy atom. The molecule has 8 heteroatoms. The van der Waals surface area contributed by atoms with Gasteiger partial charge in [-0.2, -0.15) is 0 Å². The van der Waals surface area contributed by atoms with Gasteiger partial charge in [0.15, 0.2) is 8.32 Å². The number of aromatic nitrogens is 2. The Bertz CT molecular complexity index is 2220. The monoisotopic (exact) mass is 682 g/mol. The topological polar surface area (TPSA) is 93.5 Å². The number of aliphatic hydroxyl groups excluding tert-OH is 1. The van der Waals surface area contributed by atoms with Crippen molar-refractivity contribution in [1.29, 1.82) is 0 Å². The van der Waals surface area contributed by atoms with E-state index in [9.17, 15) is 14.7 Å². The highest BCUT2D eigenvalue weighted by atomic mass is 28.4. The predicted octanol–water partition coefficient (Wildman–Crippen LogP) is 7.46. The molecule has 0 bridgehead atoms. The predicted molar refractivity (Wildman–Crippen MR) is 199 cm³/mol. The van der Waals surface area contributed by atoms with E-state index in [1.807, 2.05) is 6.08 Å². The van der Waals surface area contributed by atoms with Crippen LogP contribution in [-0.4, -0.2) is 35.7 Å². The summed E-state index contributed by atoms with van der Waals surface area (Å²) in [6.07, 6.45) is 4.02. The molecule has 2 N–H and O–H groups in total. The van der Waals surface area contributed by atoms with Crippen molar-refractivity contribution in [3.05, 3.63) is 163 Å². The summed E-state index contributed by atoms with van der Waals surface area (Å²) in [5, 5.41) is 10.5. The van der Waals surface area contributed by atoms with Crippen molar-refractivity contribution < 1.29 is 14.3 Å². The molecule has 50 heavy (non-hydrogen) atoms. The molecule has 0 amide bonds. The number of hydrogen-bond donors (Lipinski definition) is 2. The molecule has 5 aromatic rings. The van der Waals surface area contributed by atoms with Crippen molar-refractivity contribution in [2.45, 2.75) is 69.5 Å². The number of benzene rings is 4. The van der Waals surface area contributed by atoms with E-state index >= 15 is 0 Å². The first-order valence-corrected chi connectivity index (χ1v) is 20.2. The summed E-state index contributed by atoms with van der Waals surface area (Å²) in [4.78, 5) is 29.3. The van der Waals surface area contributed by atoms with Gasteiger partial charge in [-0.1, -0.05) is 106 Å². The van der Waals surface area contributed by atoms with Crippen LogP contribution in [-0.2, 0) is 27.7 Å². The number of H-pyrrole nitrogens is 1. The van der Waals surface area contributed by atoms with E-state index in [-0.39, 0.29) is 11.6 Å². The Hall–Kier alpha value is -4.76. The molecular weight excluding hydrogens is 641 g/mol. The first-order valence-electron chi connectivity index (χ1n) is 17.3. The van der Waals surface area contributed by atoms with Crippen molar-refractivity contribution in [3.8, 4) is 22.3 Å². The lowest BCUT2D eigenvalue weighted by Crippen LogP contribution is -2.58. The molecular formula is C42H42N2O5Si. The Kier molecular flexibility index (Phi) is 7.56. The maximum atomic E-state index is 14.2. The molecule has 8 rings (SSSR count). The quantitative estimate of drug-likeness (QED) is 0.170. The van der Waals surface area contributed by atoms with E-state index in [1.54, 1.807) is 0 Å². The zero-order valence-corrected chi connectivity index (χ0v) is 30.1. The molecule has 0 saturated heterocycles. The van der Waals surface area contributed by atoms with Crippen LogP contribution in [0.2, 0.25) is 18.1 Å². The summed E-state index contributed by atoms with van der Waals surface area (Å²) in [6.45, 7) is 10.5. The summed E-state index contributed by atoms with van der Waals surface area (Å²) in [5.74, 6) is -0.279. The van der Waals surface area contributed by atoms with E-state index in [1.165, 1.54) is 39.1 Å². The van der Waals surface area contributed by atoms with Crippen molar-refractivity contribution in [2.24, 2.45) is 0 Å². The molecule has 7 nitrogen and oxygen atoms in total. The van der Waals surface area contributed by atoms with Crippen LogP contribution in [0.4, 0.5) is 0 Å². The molecule has 1 aliphatic heterocycles. The second kappa shape index (κ2) is 11.7. The largest absolute Gasteiger partial charge is 0.465 e. The Morgan fingerprint density at radius 3 is 1.90 bits per heavy atom. The molecule has 0 radical (unpaired) electrons. The van der Waals surface area contributed by atoms with Gasteiger partial charge < -0.3 is 14.3 Å². The highest BCUT2D eigenvalue weighted by molar-refractivity contribution is 6.74. The molecule has 0 fully saturated rings. The van der Waals surface area contributed by atoms with Gasteiger partial charge in [-0.3, -0.25) is 14.3 Å². The fourth-order valence-electron chi connectivity index (χ4n) is 8.05. The minimum absolute atomic E-state index is 0.175.